The zero-order valence-electron chi connectivity index (χ0n) is 8.27. The van der Waals surface area contributed by atoms with Gasteiger partial charge in [0.1, 0.15) is 12.0 Å². The normalized spacial score (nSPS) is 12.7. The third-order valence-corrected chi connectivity index (χ3v) is 2.66. The topological polar surface area (TPSA) is 52.0 Å². The van der Waals surface area contributed by atoms with E-state index < -0.39 is 0 Å². The van der Waals surface area contributed by atoms with Crippen LogP contribution in [-0.2, 0) is 0 Å². The van der Waals surface area contributed by atoms with E-state index in [1.165, 1.54) is 0 Å². The van der Waals surface area contributed by atoms with E-state index in [1.54, 1.807) is 6.26 Å². The molecule has 0 aliphatic heterocycles. The lowest BCUT2D eigenvalue weighted by Gasteiger charge is -2.04. The molecule has 0 aliphatic rings. The fraction of sp³-hybridized carbons (Fsp3) is 0.182. The molecular formula is C11H11BrN2O. The lowest BCUT2D eigenvalue weighted by Crippen LogP contribution is -2.06. The Balaban J connectivity index is 2.49. The number of hydrogen-bond acceptors (Lipinski definition) is 3. The van der Waals surface area contributed by atoms with Gasteiger partial charge in [-0.05, 0) is 24.6 Å². The summed E-state index contributed by atoms with van der Waals surface area (Å²) in [6.45, 7) is 1.89. The van der Waals surface area contributed by atoms with E-state index in [2.05, 4.69) is 21.1 Å². The lowest BCUT2D eigenvalue weighted by atomic mass is 10.0. The molecule has 1 unspecified atom stereocenters. The predicted octanol–water partition coefficient (Wildman–Crippen LogP) is 3.12. The molecule has 1 aromatic carbocycles. The van der Waals surface area contributed by atoms with Crippen LogP contribution in [0.2, 0.25) is 0 Å². The van der Waals surface area contributed by atoms with E-state index in [1.807, 2.05) is 31.2 Å². The van der Waals surface area contributed by atoms with Crippen molar-refractivity contribution >= 4 is 15.9 Å². The molecule has 0 amide bonds. The molecule has 0 saturated carbocycles. The van der Waals surface area contributed by atoms with Gasteiger partial charge < -0.3 is 10.3 Å². The first kappa shape index (κ1) is 10.4. The number of halogens is 1. The fourth-order valence-corrected chi connectivity index (χ4v) is 1.84. The van der Waals surface area contributed by atoms with Crippen LogP contribution in [0.3, 0.4) is 0 Å². The summed E-state index contributed by atoms with van der Waals surface area (Å²) in [6.07, 6.45) is 1.63. The highest BCUT2D eigenvalue weighted by atomic mass is 79.9. The molecule has 3 nitrogen and oxygen atoms in total. The quantitative estimate of drug-likeness (QED) is 0.909. The molecule has 15 heavy (non-hydrogen) atoms. The molecule has 0 radical (unpaired) electrons. The molecular weight excluding hydrogens is 256 g/mol. The van der Waals surface area contributed by atoms with E-state index >= 15 is 0 Å². The van der Waals surface area contributed by atoms with Crippen LogP contribution in [0.25, 0.3) is 11.1 Å². The van der Waals surface area contributed by atoms with Gasteiger partial charge in [0.25, 0.3) is 0 Å². The van der Waals surface area contributed by atoms with Crippen LogP contribution in [0.5, 0.6) is 0 Å². The van der Waals surface area contributed by atoms with Crippen LogP contribution in [0.1, 0.15) is 18.7 Å². The van der Waals surface area contributed by atoms with Crippen molar-refractivity contribution in [3.8, 4) is 11.1 Å². The largest absolute Gasteiger partial charge is 0.364 e. The molecule has 1 atom stereocenters. The molecule has 1 aromatic heterocycles. The van der Waals surface area contributed by atoms with Crippen molar-refractivity contribution in [1.29, 1.82) is 0 Å². The molecule has 78 valence electrons. The van der Waals surface area contributed by atoms with Crippen molar-refractivity contribution in [3.63, 3.8) is 0 Å². The first-order valence-electron chi connectivity index (χ1n) is 4.64. The third kappa shape index (κ3) is 2.11. The molecule has 2 aromatic rings. The summed E-state index contributed by atoms with van der Waals surface area (Å²) in [5, 5.41) is 3.91. The molecule has 0 spiro atoms. The SMILES string of the molecule is CC(N)c1nocc1-c1cccc(Br)c1. The van der Waals surface area contributed by atoms with Crippen LogP contribution in [0.15, 0.2) is 39.5 Å². The van der Waals surface area contributed by atoms with E-state index in [9.17, 15) is 0 Å². The van der Waals surface area contributed by atoms with Crippen LogP contribution in [0, 0.1) is 0 Å². The highest BCUT2D eigenvalue weighted by Crippen LogP contribution is 2.28. The lowest BCUT2D eigenvalue weighted by molar-refractivity contribution is 0.407. The summed E-state index contributed by atoms with van der Waals surface area (Å²) in [5.74, 6) is 0. The minimum atomic E-state index is -0.127. The zero-order chi connectivity index (χ0) is 10.8. The van der Waals surface area contributed by atoms with Crippen molar-refractivity contribution < 1.29 is 4.52 Å². The van der Waals surface area contributed by atoms with Gasteiger partial charge in [0.05, 0.1) is 0 Å². The number of nitrogens with zero attached hydrogens (tertiary/aromatic N) is 1. The Morgan fingerprint density at radius 2 is 2.27 bits per heavy atom. The fourth-order valence-electron chi connectivity index (χ4n) is 1.45. The van der Waals surface area contributed by atoms with Gasteiger partial charge in [-0.25, -0.2) is 0 Å². The average Bonchev–Trinajstić information content (AvgIpc) is 2.65. The second-order valence-electron chi connectivity index (χ2n) is 3.41. The molecule has 2 N–H and O–H groups in total. The minimum absolute atomic E-state index is 0.127. The average molecular weight is 267 g/mol. The molecule has 0 aliphatic carbocycles. The Hall–Kier alpha value is -1.13. The van der Waals surface area contributed by atoms with Crippen molar-refractivity contribution in [3.05, 3.63) is 40.7 Å². The Kier molecular flexibility index (Phi) is 2.88. The standard InChI is InChI=1S/C11H11BrN2O/c1-7(13)11-10(6-15-14-11)8-3-2-4-9(12)5-8/h2-7H,13H2,1H3. The maximum absolute atomic E-state index is 5.80. The van der Waals surface area contributed by atoms with Crippen LogP contribution in [-0.4, -0.2) is 5.16 Å². The molecule has 1 heterocycles. The van der Waals surface area contributed by atoms with Gasteiger partial charge in [-0.2, -0.15) is 0 Å². The summed E-state index contributed by atoms with van der Waals surface area (Å²) in [4.78, 5) is 0. The van der Waals surface area contributed by atoms with Gasteiger partial charge in [-0.3, -0.25) is 0 Å². The van der Waals surface area contributed by atoms with Crippen molar-refractivity contribution in [2.45, 2.75) is 13.0 Å². The van der Waals surface area contributed by atoms with E-state index in [0.717, 1.165) is 21.3 Å². The van der Waals surface area contributed by atoms with Crippen LogP contribution in [0.4, 0.5) is 0 Å². The van der Waals surface area contributed by atoms with Crippen molar-refractivity contribution in [2.75, 3.05) is 0 Å². The molecule has 2 rings (SSSR count). The summed E-state index contributed by atoms with van der Waals surface area (Å²) >= 11 is 3.43. The summed E-state index contributed by atoms with van der Waals surface area (Å²) in [5.41, 5.74) is 8.59. The first-order chi connectivity index (χ1) is 7.18. The summed E-state index contributed by atoms with van der Waals surface area (Å²) < 4.78 is 5.98. The zero-order valence-corrected chi connectivity index (χ0v) is 9.86. The van der Waals surface area contributed by atoms with E-state index in [4.69, 9.17) is 10.3 Å². The molecule has 0 fully saturated rings. The summed E-state index contributed by atoms with van der Waals surface area (Å²) in [7, 11) is 0. The second-order valence-corrected chi connectivity index (χ2v) is 4.33. The molecule has 4 heteroatoms. The number of nitrogens with two attached hydrogens (primary N) is 1. The number of aromatic nitrogens is 1. The second kappa shape index (κ2) is 4.16. The van der Waals surface area contributed by atoms with E-state index in [-0.39, 0.29) is 6.04 Å². The Morgan fingerprint density at radius 1 is 1.47 bits per heavy atom. The maximum atomic E-state index is 5.80. The van der Waals surface area contributed by atoms with Crippen molar-refractivity contribution in [1.82, 2.24) is 5.16 Å². The van der Waals surface area contributed by atoms with Gasteiger partial charge >= 0.3 is 0 Å². The van der Waals surface area contributed by atoms with Gasteiger partial charge in [0.2, 0.25) is 0 Å². The van der Waals surface area contributed by atoms with Gasteiger partial charge in [0.15, 0.2) is 0 Å². The predicted molar refractivity (Wildman–Crippen MR) is 62.2 cm³/mol. The number of hydrogen-bond donors (Lipinski definition) is 1. The van der Waals surface area contributed by atoms with Gasteiger partial charge in [0, 0.05) is 16.1 Å². The summed E-state index contributed by atoms with van der Waals surface area (Å²) in [6, 6.07) is 7.83. The van der Waals surface area contributed by atoms with Gasteiger partial charge in [-0.1, -0.05) is 33.2 Å². The van der Waals surface area contributed by atoms with E-state index in [0.29, 0.717) is 0 Å². The number of benzene rings is 1. The smallest absolute Gasteiger partial charge is 0.131 e. The van der Waals surface area contributed by atoms with Crippen molar-refractivity contribution in [2.24, 2.45) is 5.73 Å². The highest BCUT2D eigenvalue weighted by Gasteiger charge is 2.13. The Labute approximate surface area is 96.4 Å². The monoisotopic (exact) mass is 266 g/mol. The van der Waals surface area contributed by atoms with Crippen LogP contribution < -0.4 is 5.73 Å². The third-order valence-electron chi connectivity index (χ3n) is 2.16. The van der Waals surface area contributed by atoms with Gasteiger partial charge in [-0.15, -0.1) is 0 Å². The molecule has 0 bridgehead atoms. The molecule has 0 saturated heterocycles. The minimum Gasteiger partial charge on any atom is -0.364 e. The first-order valence-corrected chi connectivity index (χ1v) is 5.43. The van der Waals surface area contributed by atoms with Crippen LogP contribution >= 0.6 is 15.9 Å². The highest BCUT2D eigenvalue weighted by molar-refractivity contribution is 9.10. The number of rotatable bonds is 2. The maximum Gasteiger partial charge on any atom is 0.131 e. The Bertz CT molecular complexity index is 465. The Morgan fingerprint density at radius 3 is 2.93 bits per heavy atom.